The minimum atomic E-state index is -0.745. The highest BCUT2D eigenvalue weighted by atomic mass is 16.5. The molecule has 0 rings (SSSR count). The predicted octanol–water partition coefficient (Wildman–Crippen LogP) is 0.937. The molecule has 0 N–H and O–H groups in total. The van der Waals surface area contributed by atoms with Crippen LogP contribution in [0.1, 0.15) is 0 Å². The van der Waals surface area contributed by atoms with Gasteiger partial charge in [-0.25, -0.2) is 0 Å². The van der Waals surface area contributed by atoms with Crippen LogP contribution in [0.15, 0.2) is 25.3 Å². The van der Waals surface area contributed by atoms with E-state index in [4.69, 9.17) is 0 Å². The van der Waals surface area contributed by atoms with Crippen molar-refractivity contribution in [2.45, 2.75) is 0 Å². The Morgan fingerprint density at radius 2 is 1.29 bits per heavy atom. The molecule has 0 saturated heterocycles. The Balaban J connectivity index is 4.78. The first-order chi connectivity index (χ1) is 6.62. The summed E-state index contributed by atoms with van der Waals surface area (Å²) < 4.78 is 9.03. The molecule has 0 aliphatic heterocycles. The molecule has 0 heterocycles. The summed E-state index contributed by atoms with van der Waals surface area (Å²) in [5.74, 6) is -2.56. The Bertz CT molecular complexity index is 219. The van der Waals surface area contributed by atoms with Crippen LogP contribution < -0.4 is 0 Å². The summed E-state index contributed by atoms with van der Waals surface area (Å²) >= 11 is 0. The number of hydrogen-bond acceptors (Lipinski definition) is 4. The molecule has 0 aromatic rings. The van der Waals surface area contributed by atoms with Crippen LogP contribution in [-0.4, -0.2) is 26.2 Å². The van der Waals surface area contributed by atoms with E-state index in [9.17, 15) is 9.59 Å². The van der Waals surface area contributed by atoms with Gasteiger partial charge >= 0.3 is 11.9 Å². The molecular formula is C10H14O4. The Hall–Kier alpha value is -1.58. The zero-order valence-electron chi connectivity index (χ0n) is 8.36. The molecule has 0 radical (unpaired) electrons. The molecule has 0 spiro atoms. The van der Waals surface area contributed by atoms with Gasteiger partial charge in [-0.3, -0.25) is 9.59 Å². The van der Waals surface area contributed by atoms with Crippen molar-refractivity contribution in [3.05, 3.63) is 25.3 Å². The van der Waals surface area contributed by atoms with Crippen LogP contribution in [0, 0.1) is 11.8 Å². The van der Waals surface area contributed by atoms with E-state index in [1.54, 1.807) is 0 Å². The van der Waals surface area contributed by atoms with Gasteiger partial charge in [-0.05, 0) is 0 Å². The van der Waals surface area contributed by atoms with Crippen molar-refractivity contribution in [1.29, 1.82) is 0 Å². The monoisotopic (exact) mass is 198 g/mol. The van der Waals surface area contributed by atoms with Gasteiger partial charge in [0.2, 0.25) is 0 Å². The zero-order chi connectivity index (χ0) is 11.1. The first kappa shape index (κ1) is 12.4. The van der Waals surface area contributed by atoms with Gasteiger partial charge in [0.15, 0.2) is 0 Å². The molecule has 0 fully saturated rings. The Morgan fingerprint density at radius 3 is 1.43 bits per heavy atom. The van der Waals surface area contributed by atoms with Crippen molar-refractivity contribution in [2.24, 2.45) is 11.8 Å². The number of carbonyl (C=O) groups excluding carboxylic acids is 2. The predicted molar refractivity (Wildman–Crippen MR) is 51.4 cm³/mol. The maximum Gasteiger partial charge on any atom is 0.313 e. The van der Waals surface area contributed by atoms with Crippen molar-refractivity contribution in [3.63, 3.8) is 0 Å². The minimum absolute atomic E-state index is 0.532. The Morgan fingerprint density at radius 1 is 1.00 bits per heavy atom. The summed E-state index contributed by atoms with van der Waals surface area (Å²) in [5.41, 5.74) is 0. The standard InChI is InChI=1S/C10H14O4/c1-5-7(9(11)13-3)8(6-2)10(12)14-4/h5-8H,1-2H2,3-4H3/t7-,8+. The third-order valence-corrected chi connectivity index (χ3v) is 1.84. The molecule has 0 aromatic carbocycles. The molecule has 78 valence electrons. The summed E-state index contributed by atoms with van der Waals surface area (Å²) in [7, 11) is 2.49. The average Bonchev–Trinajstić information content (AvgIpc) is 2.23. The minimum Gasteiger partial charge on any atom is -0.469 e. The summed E-state index contributed by atoms with van der Waals surface area (Å²) in [6, 6.07) is 0. The lowest BCUT2D eigenvalue weighted by molar-refractivity contribution is -0.153. The molecule has 4 heteroatoms. The largest absolute Gasteiger partial charge is 0.469 e. The first-order valence-electron chi connectivity index (χ1n) is 4.03. The van der Waals surface area contributed by atoms with E-state index >= 15 is 0 Å². The molecular weight excluding hydrogens is 184 g/mol. The lowest BCUT2D eigenvalue weighted by atomic mass is 9.92. The fraction of sp³-hybridized carbons (Fsp3) is 0.400. The maximum atomic E-state index is 11.2. The summed E-state index contributed by atoms with van der Waals surface area (Å²) in [5, 5.41) is 0. The third kappa shape index (κ3) is 2.73. The second-order valence-electron chi connectivity index (χ2n) is 2.57. The van der Waals surface area contributed by atoms with Crippen molar-refractivity contribution in [3.8, 4) is 0 Å². The Labute approximate surface area is 83.2 Å². The topological polar surface area (TPSA) is 52.6 Å². The molecule has 0 amide bonds. The highest BCUT2D eigenvalue weighted by molar-refractivity contribution is 5.84. The summed E-state index contributed by atoms with van der Waals surface area (Å²) in [6.07, 6.45) is 2.68. The van der Waals surface area contributed by atoms with Crippen LogP contribution in [-0.2, 0) is 19.1 Å². The van der Waals surface area contributed by atoms with E-state index in [2.05, 4.69) is 22.6 Å². The summed E-state index contributed by atoms with van der Waals surface area (Å²) in [6.45, 7) is 6.92. The van der Waals surface area contributed by atoms with Gasteiger partial charge in [0.1, 0.15) is 0 Å². The van der Waals surface area contributed by atoms with E-state index in [1.807, 2.05) is 0 Å². The molecule has 0 bridgehead atoms. The van der Waals surface area contributed by atoms with Crippen LogP contribution in [0.25, 0.3) is 0 Å². The van der Waals surface area contributed by atoms with Crippen molar-refractivity contribution < 1.29 is 19.1 Å². The van der Waals surface area contributed by atoms with Gasteiger partial charge in [-0.15, -0.1) is 13.2 Å². The molecule has 0 aliphatic rings. The molecule has 2 atom stereocenters. The van der Waals surface area contributed by atoms with Crippen LogP contribution >= 0.6 is 0 Å². The van der Waals surface area contributed by atoms with Crippen LogP contribution in [0.3, 0.4) is 0 Å². The highest BCUT2D eigenvalue weighted by Crippen LogP contribution is 2.17. The second kappa shape index (κ2) is 5.96. The first-order valence-corrected chi connectivity index (χ1v) is 4.03. The number of rotatable bonds is 5. The molecule has 0 aromatic heterocycles. The van der Waals surface area contributed by atoms with Crippen LogP contribution in [0.4, 0.5) is 0 Å². The molecule has 0 unspecified atom stereocenters. The average molecular weight is 198 g/mol. The second-order valence-corrected chi connectivity index (χ2v) is 2.57. The smallest absolute Gasteiger partial charge is 0.313 e. The fourth-order valence-corrected chi connectivity index (χ4v) is 1.05. The molecule has 14 heavy (non-hydrogen) atoms. The Kier molecular flexibility index (Phi) is 5.29. The number of ether oxygens (including phenoxy) is 2. The van der Waals surface area contributed by atoms with Crippen molar-refractivity contribution in [1.82, 2.24) is 0 Å². The third-order valence-electron chi connectivity index (χ3n) is 1.84. The number of esters is 2. The lowest BCUT2D eigenvalue weighted by Crippen LogP contribution is -2.28. The van der Waals surface area contributed by atoms with Gasteiger partial charge in [0.05, 0.1) is 26.1 Å². The quantitative estimate of drug-likeness (QED) is 0.487. The fourth-order valence-electron chi connectivity index (χ4n) is 1.05. The molecule has 4 nitrogen and oxygen atoms in total. The molecule has 0 saturated carbocycles. The maximum absolute atomic E-state index is 11.2. The van der Waals surface area contributed by atoms with Crippen molar-refractivity contribution in [2.75, 3.05) is 14.2 Å². The summed E-state index contributed by atoms with van der Waals surface area (Å²) in [4.78, 5) is 22.4. The van der Waals surface area contributed by atoms with E-state index in [0.29, 0.717) is 0 Å². The number of hydrogen-bond donors (Lipinski definition) is 0. The van der Waals surface area contributed by atoms with Crippen LogP contribution in [0.2, 0.25) is 0 Å². The van der Waals surface area contributed by atoms with E-state index in [-0.39, 0.29) is 0 Å². The lowest BCUT2D eigenvalue weighted by Gasteiger charge is -2.16. The SMILES string of the molecule is C=C[C@H](C(=O)OC)[C@@H](C=C)C(=O)OC. The van der Waals surface area contributed by atoms with Gasteiger partial charge < -0.3 is 9.47 Å². The molecule has 0 aliphatic carbocycles. The van der Waals surface area contributed by atoms with E-state index in [0.717, 1.165) is 0 Å². The van der Waals surface area contributed by atoms with E-state index in [1.165, 1.54) is 26.4 Å². The van der Waals surface area contributed by atoms with Crippen molar-refractivity contribution >= 4 is 11.9 Å². The normalized spacial score (nSPS) is 13.6. The van der Waals surface area contributed by atoms with Gasteiger partial charge in [-0.1, -0.05) is 12.2 Å². The van der Waals surface area contributed by atoms with Crippen LogP contribution in [0.5, 0.6) is 0 Å². The number of carbonyl (C=O) groups is 2. The highest BCUT2D eigenvalue weighted by Gasteiger charge is 2.30. The zero-order valence-corrected chi connectivity index (χ0v) is 8.36. The van der Waals surface area contributed by atoms with Gasteiger partial charge in [0.25, 0.3) is 0 Å². The van der Waals surface area contributed by atoms with Gasteiger partial charge in [0, 0.05) is 0 Å². The van der Waals surface area contributed by atoms with Gasteiger partial charge in [-0.2, -0.15) is 0 Å². The van der Waals surface area contributed by atoms with E-state index < -0.39 is 23.8 Å². The number of methoxy groups -OCH3 is 2.